The molecule has 0 aliphatic heterocycles. The van der Waals surface area contributed by atoms with Crippen LogP contribution in [0.5, 0.6) is 0 Å². The van der Waals surface area contributed by atoms with E-state index in [9.17, 15) is 4.79 Å². The van der Waals surface area contributed by atoms with Gasteiger partial charge in [0.05, 0.1) is 0 Å². The predicted octanol–water partition coefficient (Wildman–Crippen LogP) is 1.49. The molecule has 0 fully saturated rings. The molecule has 0 heterocycles. The van der Waals surface area contributed by atoms with Crippen molar-refractivity contribution in [3.8, 4) is 0 Å². The van der Waals surface area contributed by atoms with Gasteiger partial charge in [0.25, 0.3) is 0 Å². The average molecular weight is 249 g/mol. The fraction of sp³-hybridized carbons (Fsp3) is 0.500. The van der Waals surface area contributed by atoms with Gasteiger partial charge in [0.1, 0.15) is 0 Å². The van der Waals surface area contributed by atoms with Crippen LogP contribution in [0.3, 0.4) is 0 Å². The highest BCUT2D eigenvalue weighted by atomic mass is 16.2. The lowest BCUT2D eigenvalue weighted by atomic mass is 10.0. The number of primary amides is 1. The first-order chi connectivity index (χ1) is 8.61. The Morgan fingerprint density at radius 1 is 1.17 bits per heavy atom. The fourth-order valence-corrected chi connectivity index (χ4v) is 2.04. The highest BCUT2D eigenvalue weighted by Gasteiger charge is 2.00. The van der Waals surface area contributed by atoms with Crippen molar-refractivity contribution in [2.24, 2.45) is 11.5 Å². The maximum Gasteiger partial charge on any atom is 0.312 e. The Kier molecular flexibility index (Phi) is 6.22. The van der Waals surface area contributed by atoms with Crippen LogP contribution in [0.1, 0.15) is 29.5 Å². The summed E-state index contributed by atoms with van der Waals surface area (Å²) in [5.41, 5.74) is 14.4. The van der Waals surface area contributed by atoms with E-state index in [1.807, 2.05) is 0 Å². The summed E-state index contributed by atoms with van der Waals surface area (Å²) in [4.78, 5) is 10.6. The molecule has 0 aromatic heterocycles. The number of carbonyl (C=O) groups is 1. The Labute approximate surface area is 109 Å². The molecule has 100 valence electrons. The van der Waals surface area contributed by atoms with E-state index in [0.29, 0.717) is 6.54 Å². The Hall–Kier alpha value is -1.55. The molecule has 0 atom stereocenters. The zero-order chi connectivity index (χ0) is 13.4. The lowest BCUT2D eigenvalue weighted by molar-refractivity contribution is 0.249. The highest BCUT2D eigenvalue weighted by Crippen LogP contribution is 2.12. The Balaban J connectivity index is 2.54. The standard InChI is InChI=1S/C14H23N3O/c1-11-8-12(4-2-3-6-15)10-13(9-11)5-7-17-14(16)18/h8-10H,2-7,15H2,1H3,(H3,16,17,18). The molecule has 1 aromatic carbocycles. The molecule has 4 heteroatoms. The summed E-state index contributed by atoms with van der Waals surface area (Å²) < 4.78 is 0. The van der Waals surface area contributed by atoms with Crippen molar-refractivity contribution in [2.45, 2.75) is 32.6 Å². The molecule has 0 bridgehead atoms. The summed E-state index contributed by atoms with van der Waals surface area (Å²) in [7, 11) is 0. The number of unbranched alkanes of at least 4 members (excludes halogenated alkanes) is 1. The summed E-state index contributed by atoms with van der Waals surface area (Å²) >= 11 is 0. The van der Waals surface area contributed by atoms with Crippen LogP contribution >= 0.6 is 0 Å². The van der Waals surface area contributed by atoms with Gasteiger partial charge in [-0.1, -0.05) is 23.8 Å². The third-order valence-electron chi connectivity index (χ3n) is 2.83. The van der Waals surface area contributed by atoms with Gasteiger partial charge < -0.3 is 16.8 Å². The second-order valence-electron chi connectivity index (χ2n) is 4.61. The van der Waals surface area contributed by atoms with Crippen LogP contribution in [-0.2, 0) is 12.8 Å². The van der Waals surface area contributed by atoms with Gasteiger partial charge in [-0.15, -0.1) is 0 Å². The molecule has 2 amide bonds. The molecule has 0 radical (unpaired) electrons. The van der Waals surface area contributed by atoms with Crippen molar-refractivity contribution in [1.29, 1.82) is 0 Å². The topological polar surface area (TPSA) is 81.1 Å². The number of urea groups is 1. The molecule has 0 aliphatic rings. The van der Waals surface area contributed by atoms with Gasteiger partial charge >= 0.3 is 6.03 Å². The van der Waals surface area contributed by atoms with E-state index in [0.717, 1.165) is 32.2 Å². The van der Waals surface area contributed by atoms with Crippen LogP contribution < -0.4 is 16.8 Å². The largest absolute Gasteiger partial charge is 0.352 e. The third kappa shape index (κ3) is 5.68. The molecular weight excluding hydrogens is 226 g/mol. The Bertz CT molecular complexity index is 391. The van der Waals surface area contributed by atoms with E-state index >= 15 is 0 Å². The van der Waals surface area contributed by atoms with Gasteiger partial charge in [0.15, 0.2) is 0 Å². The van der Waals surface area contributed by atoms with Gasteiger partial charge in [0.2, 0.25) is 0 Å². The van der Waals surface area contributed by atoms with E-state index in [1.54, 1.807) is 0 Å². The van der Waals surface area contributed by atoms with E-state index in [2.05, 4.69) is 30.4 Å². The highest BCUT2D eigenvalue weighted by molar-refractivity contribution is 5.71. The maximum atomic E-state index is 10.6. The Morgan fingerprint density at radius 3 is 2.44 bits per heavy atom. The van der Waals surface area contributed by atoms with Crippen LogP contribution in [0, 0.1) is 6.92 Å². The molecule has 0 aliphatic carbocycles. The first kappa shape index (κ1) is 14.5. The zero-order valence-electron chi connectivity index (χ0n) is 11.0. The summed E-state index contributed by atoms with van der Waals surface area (Å²) in [5, 5.41) is 2.61. The minimum absolute atomic E-state index is 0.467. The van der Waals surface area contributed by atoms with Crippen LogP contribution in [-0.4, -0.2) is 19.1 Å². The minimum atomic E-state index is -0.467. The van der Waals surface area contributed by atoms with E-state index in [-0.39, 0.29) is 0 Å². The first-order valence-electron chi connectivity index (χ1n) is 6.44. The van der Waals surface area contributed by atoms with Crippen LogP contribution in [0.25, 0.3) is 0 Å². The molecule has 5 N–H and O–H groups in total. The van der Waals surface area contributed by atoms with Crippen molar-refractivity contribution in [1.82, 2.24) is 5.32 Å². The molecular formula is C14H23N3O. The molecule has 0 spiro atoms. The molecule has 1 aromatic rings. The number of rotatable bonds is 7. The van der Waals surface area contributed by atoms with E-state index < -0.39 is 6.03 Å². The van der Waals surface area contributed by atoms with Crippen LogP contribution in [0.2, 0.25) is 0 Å². The third-order valence-corrected chi connectivity index (χ3v) is 2.83. The minimum Gasteiger partial charge on any atom is -0.352 e. The fourth-order valence-electron chi connectivity index (χ4n) is 2.04. The van der Waals surface area contributed by atoms with Crippen molar-refractivity contribution in [3.63, 3.8) is 0 Å². The molecule has 0 saturated heterocycles. The number of hydrogen-bond acceptors (Lipinski definition) is 2. The molecule has 0 unspecified atom stereocenters. The number of benzene rings is 1. The second-order valence-corrected chi connectivity index (χ2v) is 4.61. The molecule has 0 saturated carbocycles. The quantitative estimate of drug-likeness (QED) is 0.640. The van der Waals surface area contributed by atoms with Crippen molar-refractivity contribution in [2.75, 3.05) is 13.1 Å². The van der Waals surface area contributed by atoms with E-state index in [4.69, 9.17) is 11.5 Å². The summed E-state index contributed by atoms with van der Waals surface area (Å²) in [5.74, 6) is 0. The molecule has 4 nitrogen and oxygen atoms in total. The van der Waals surface area contributed by atoms with Gasteiger partial charge in [0, 0.05) is 6.54 Å². The van der Waals surface area contributed by atoms with Crippen molar-refractivity contribution >= 4 is 6.03 Å². The lowest BCUT2D eigenvalue weighted by Crippen LogP contribution is -2.30. The van der Waals surface area contributed by atoms with Gasteiger partial charge in [-0.25, -0.2) is 4.79 Å². The lowest BCUT2D eigenvalue weighted by Gasteiger charge is -2.08. The van der Waals surface area contributed by atoms with E-state index in [1.165, 1.54) is 16.7 Å². The summed E-state index contributed by atoms with van der Waals surface area (Å²) in [6, 6.07) is 6.09. The molecule has 1 rings (SSSR count). The van der Waals surface area contributed by atoms with Crippen LogP contribution in [0.4, 0.5) is 4.79 Å². The SMILES string of the molecule is Cc1cc(CCCCN)cc(CCNC(N)=O)c1. The predicted molar refractivity (Wildman–Crippen MR) is 74.5 cm³/mol. The second kappa shape index (κ2) is 7.71. The number of amides is 2. The van der Waals surface area contributed by atoms with Crippen molar-refractivity contribution < 1.29 is 4.79 Å². The summed E-state index contributed by atoms with van der Waals surface area (Å²) in [6.45, 7) is 3.43. The number of aryl methyl sites for hydroxylation is 2. The Morgan fingerprint density at radius 2 is 1.83 bits per heavy atom. The van der Waals surface area contributed by atoms with Gasteiger partial charge in [-0.3, -0.25) is 0 Å². The van der Waals surface area contributed by atoms with Crippen LogP contribution in [0.15, 0.2) is 18.2 Å². The maximum absolute atomic E-state index is 10.6. The number of carbonyl (C=O) groups excluding carboxylic acids is 1. The molecule has 18 heavy (non-hydrogen) atoms. The normalized spacial score (nSPS) is 10.3. The van der Waals surface area contributed by atoms with Gasteiger partial charge in [-0.05, 0) is 50.3 Å². The zero-order valence-corrected chi connectivity index (χ0v) is 11.0. The average Bonchev–Trinajstić information content (AvgIpc) is 2.28. The van der Waals surface area contributed by atoms with Crippen molar-refractivity contribution in [3.05, 3.63) is 34.9 Å². The number of nitrogens with two attached hydrogens (primary N) is 2. The smallest absolute Gasteiger partial charge is 0.312 e. The number of hydrogen-bond donors (Lipinski definition) is 3. The number of nitrogens with one attached hydrogen (secondary N) is 1. The monoisotopic (exact) mass is 249 g/mol. The summed E-state index contributed by atoms with van der Waals surface area (Å²) in [6.07, 6.45) is 4.06. The van der Waals surface area contributed by atoms with Gasteiger partial charge in [-0.2, -0.15) is 0 Å². The first-order valence-corrected chi connectivity index (χ1v) is 6.44.